The summed E-state index contributed by atoms with van der Waals surface area (Å²) in [4.78, 5) is 19.1. The number of nitrogens with two attached hydrogens (primary N) is 1. The van der Waals surface area contributed by atoms with Gasteiger partial charge in [-0.25, -0.2) is 14.8 Å². The second-order valence-corrected chi connectivity index (χ2v) is 3.18. The highest BCUT2D eigenvalue weighted by atomic mass is 16.6. The Kier molecular flexibility index (Phi) is 2.77. The molecule has 80 valence electrons. The molecule has 1 aliphatic rings. The van der Waals surface area contributed by atoms with Crippen LogP contribution in [0.5, 0.6) is 0 Å². The molecular weight excluding hydrogens is 198 g/mol. The summed E-state index contributed by atoms with van der Waals surface area (Å²) in [6.07, 6.45) is 3.34. The minimum Gasteiger partial charge on any atom is -0.455 e. The van der Waals surface area contributed by atoms with Crippen LogP contribution in [0.25, 0.3) is 0 Å². The molecule has 6 heteroatoms. The summed E-state index contributed by atoms with van der Waals surface area (Å²) >= 11 is 0. The van der Waals surface area contributed by atoms with Crippen LogP contribution in [0, 0.1) is 0 Å². The summed E-state index contributed by atoms with van der Waals surface area (Å²) in [5.74, 6) is -0.461. The topological polar surface area (TPSA) is 87.3 Å². The third-order valence-corrected chi connectivity index (χ3v) is 2.08. The molecule has 2 N–H and O–H groups in total. The van der Waals surface area contributed by atoms with Gasteiger partial charge >= 0.3 is 5.97 Å². The van der Waals surface area contributed by atoms with Crippen molar-refractivity contribution in [3.05, 3.63) is 18.1 Å². The normalized spacial score (nSPS) is 20.1. The van der Waals surface area contributed by atoms with E-state index in [0.717, 1.165) is 0 Å². The molecule has 2 rings (SSSR count). The number of rotatable bonds is 2. The number of esters is 1. The van der Waals surface area contributed by atoms with Gasteiger partial charge in [-0.2, -0.15) is 0 Å². The SMILES string of the molecule is Nc1nccnc1C(=O)OC1CCOC1. The van der Waals surface area contributed by atoms with Crippen molar-refractivity contribution in [2.45, 2.75) is 12.5 Å². The van der Waals surface area contributed by atoms with Gasteiger partial charge in [0.05, 0.1) is 13.2 Å². The molecule has 15 heavy (non-hydrogen) atoms. The summed E-state index contributed by atoms with van der Waals surface area (Å²) in [6.45, 7) is 1.06. The molecule has 0 amide bonds. The first-order valence-corrected chi connectivity index (χ1v) is 4.62. The maximum absolute atomic E-state index is 11.6. The molecule has 0 bridgehead atoms. The van der Waals surface area contributed by atoms with Gasteiger partial charge in [0.1, 0.15) is 6.10 Å². The Labute approximate surface area is 86.4 Å². The van der Waals surface area contributed by atoms with Crippen molar-refractivity contribution >= 4 is 11.8 Å². The summed E-state index contributed by atoms with van der Waals surface area (Å²) in [7, 11) is 0. The standard InChI is InChI=1S/C9H11N3O3/c10-8-7(11-2-3-12-8)9(13)15-6-1-4-14-5-6/h2-3,6H,1,4-5H2,(H2,10,12). The highest BCUT2D eigenvalue weighted by molar-refractivity contribution is 5.91. The first kappa shape index (κ1) is 9.85. The predicted molar refractivity (Wildman–Crippen MR) is 51.1 cm³/mol. The van der Waals surface area contributed by atoms with E-state index in [2.05, 4.69) is 9.97 Å². The Morgan fingerprint density at radius 2 is 2.33 bits per heavy atom. The lowest BCUT2D eigenvalue weighted by Crippen LogP contribution is -2.20. The number of carbonyl (C=O) groups excluding carboxylic acids is 1. The number of carbonyl (C=O) groups is 1. The number of nitrogens with zero attached hydrogens (tertiary/aromatic N) is 2. The molecule has 6 nitrogen and oxygen atoms in total. The fraction of sp³-hybridized carbons (Fsp3) is 0.444. The van der Waals surface area contributed by atoms with Crippen molar-refractivity contribution in [1.29, 1.82) is 0 Å². The lowest BCUT2D eigenvalue weighted by atomic mass is 10.3. The Balaban J connectivity index is 2.04. The van der Waals surface area contributed by atoms with Gasteiger partial charge in [-0.05, 0) is 0 Å². The highest BCUT2D eigenvalue weighted by Crippen LogP contribution is 2.12. The second-order valence-electron chi connectivity index (χ2n) is 3.18. The number of nitrogen functional groups attached to an aromatic ring is 1. The molecule has 1 saturated heterocycles. The third-order valence-electron chi connectivity index (χ3n) is 2.08. The van der Waals surface area contributed by atoms with Crippen LogP contribution in [0.4, 0.5) is 5.82 Å². The number of anilines is 1. The third kappa shape index (κ3) is 2.21. The molecule has 1 aromatic heterocycles. The van der Waals surface area contributed by atoms with Crippen molar-refractivity contribution in [2.24, 2.45) is 0 Å². The predicted octanol–water partition coefficient (Wildman–Crippen LogP) is 0.00450. The number of ether oxygens (including phenoxy) is 2. The number of hydrogen-bond acceptors (Lipinski definition) is 6. The van der Waals surface area contributed by atoms with E-state index >= 15 is 0 Å². The molecule has 0 spiro atoms. The monoisotopic (exact) mass is 209 g/mol. The molecule has 0 aliphatic carbocycles. The minimum atomic E-state index is -0.545. The van der Waals surface area contributed by atoms with Gasteiger partial charge in [-0.3, -0.25) is 0 Å². The lowest BCUT2D eigenvalue weighted by molar-refractivity contribution is 0.0265. The molecule has 0 saturated carbocycles. The van der Waals surface area contributed by atoms with E-state index in [0.29, 0.717) is 19.6 Å². The first-order chi connectivity index (χ1) is 7.27. The van der Waals surface area contributed by atoms with Crippen LogP contribution in [0.1, 0.15) is 16.9 Å². The maximum atomic E-state index is 11.6. The summed E-state index contributed by atoms with van der Waals surface area (Å²) in [5, 5.41) is 0. The van der Waals surface area contributed by atoms with Crippen molar-refractivity contribution in [1.82, 2.24) is 9.97 Å². The van der Waals surface area contributed by atoms with Crippen molar-refractivity contribution in [3.63, 3.8) is 0 Å². The summed E-state index contributed by atoms with van der Waals surface area (Å²) in [5.41, 5.74) is 5.55. The van der Waals surface area contributed by atoms with E-state index in [1.807, 2.05) is 0 Å². The molecule has 1 fully saturated rings. The number of hydrogen-bond donors (Lipinski definition) is 1. The average Bonchev–Trinajstić information content (AvgIpc) is 2.71. The van der Waals surface area contributed by atoms with Crippen LogP contribution in [0.15, 0.2) is 12.4 Å². The molecule has 2 heterocycles. The van der Waals surface area contributed by atoms with Crippen molar-refractivity contribution in [2.75, 3.05) is 18.9 Å². The molecule has 0 aromatic carbocycles. The van der Waals surface area contributed by atoms with Crippen LogP contribution < -0.4 is 5.73 Å². The Morgan fingerprint density at radius 1 is 1.53 bits per heavy atom. The Bertz CT molecular complexity index is 363. The van der Waals surface area contributed by atoms with E-state index in [1.54, 1.807) is 0 Å². The molecule has 1 atom stereocenters. The van der Waals surface area contributed by atoms with Crippen molar-refractivity contribution in [3.8, 4) is 0 Å². The van der Waals surface area contributed by atoms with Gasteiger partial charge in [0.2, 0.25) is 0 Å². The molecule has 1 aliphatic heterocycles. The van der Waals surface area contributed by atoms with Gasteiger partial charge in [-0.1, -0.05) is 0 Å². The highest BCUT2D eigenvalue weighted by Gasteiger charge is 2.22. The zero-order valence-electron chi connectivity index (χ0n) is 8.05. The van der Waals surface area contributed by atoms with E-state index in [9.17, 15) is 4.79 Å². The fourth-order valence-electron chi connectivity index (χ4n) is 1.32. The molecule has 1 unspecified atom stereocenters. The summed E-state index contributed by atoms with van der Waals surface area (Å²) < 4.78 is 10.2. The van der Waals surface area contributed by atoms with Crippen molar-refractivity contribution < 1.29 is 14.3 Å². The van der Waals surface area contributed by atoms with Gasteiger partial charge in [0.25, 0.3) is 0 Å². The number of aromatic nitrogens is 2. The fourth-order valence-corrected chi connectivity index (χ4v) is 1.32. The van der Waals surface area contributed by atoms with Crippen LogP contribution in [0.2, 0.25) is 0 Å². The summed E-state index contributed by atoms with van der Waals surface area (Å²) in [6, 6.07) is 0. The largest absolute Gasteiger partial charge is 0.455 e. The quantitative estimate of drug-likeness (QED) is 0.690. The smallest absolute Gasteiger partial charge is 0.361 e. The van der Waals surface area contributed by atoms with Crippen LogP contribution in [-0.4, -0.2) is 35.3 Å². The molecule has 1 aromatic rings. The van der Waals surface area contributed by atoms with Crippen LogP contribution in [-0.2, 0) is 9.47 Å². The van der Waals surface area contributed by atoms with E-state index in [4.69, 9.17) is 15.2 Å². The Morgan fingerprint density at radius 3 is 3.00 bits per heavy atom. The van der Waals surface area contributed by atoms with Gasteiger partial charge in [-0.15, -0.1) is 0 Å². The average molecular weight is 209 g/mol. The van der Waals surface area contributed by atoms with E-state index in [-0.39, 0.29) is 17.6 Å². The van der Waals surface area contributed by atoms with E-state index < -0.39 is 5.97 Å². The van der Waals surface area contributed by atoms with Gasteiger partial charge in [0, 0.05) is 18.8 Å². The first-order valence-electron chi connectivity index (χ1n) is 4.62. The van der Waals surface area contributed by atoms with Crippen LogP contribution in [0.3, 0.4) is 0 Å². The lowest BCUT2D eigenvalue weighted by Gasteiger charge is -2.09. The maximum Gasteiger partial charge on any atom is 0.361 e. The Hall–Kier alpha value is -1.69. The second kappa shape index (κ2) is 4.22. The van der Waals surface area contributed by atoms with Gasteiger partial charge < -0.3 is 15.2 Å². The minimum absolute atomic E-state index is 0.0596. The molecular formula is C9H11N3O3. The van der Waals surface area contributed by atoms with E-state index in [1.165, 1.54) is 12.4 Å². The molecule has 0 radical (unpaired) electrons. The van der Waals surface area contributed by atoms with Crippen LogP contribution >= 0.6 is 0 Å². The zero-order valence-corrected chi connectivity index (χ0v) is 8.05. The van der Waals surface area contributed by atoms with Gasteiger partial charge in [0.15, 0.2) is 11.5 Å². The zero-order chi connectivity index (χ0) is 10.7.